The third-order valence-electron chi connectivity index (χ3n) is 2.98. The van der Waals surface area contributed by atoms with E-state index in [1.54, 1.807) is 6.20 Å². The number of benzene rings is 1. The van der Waals surface area contributed by atoms with E-state index in [1.165, 1.54) is 5.57 Å². The standard InChI is InChI=1S/C15H20N2O3/c1-2-20-14-6-4-3-5-13(14)17-15(18)16-11-12-7-9-19-10-8-12/h3-6,11H,2,7-10H2,1H3,(H2,16,17,18). The molecule has 0 aromatic heterocycles. The second-order valence-electron chi connectivity index (χ2n) is 4.44. The van der Waals surface area contributed by atoms with Gasteiger partial charge in [-0.3, -0.25) is 0 Å². The maximum atomic E-state index is 11.9. The Kier molecular flexibility index (Phi) is 5.43. The maximum absolute atomic E-state index is 11.9. The molecule has 0 spiro atoms. The van der Waals surface area contributed by atoms with E-state index >= 15 is 0 Å². The van der Waals surface area contributed by atoms with Crippen molar-refractivity contribution < 1.29 is 14.3 Å². The van der Waals surface area contributed by atoms with Crippen molar-refractivity contribution in [2.45, 2.75) is 19.8 Å². The number of para-hydroxylation sites is 2. The fraction of sp³-hybridized carbons (Fsp3) is 0.400. The first kappa shape index (κ1) is 14.4. The van der Waals surface area contributed by atoms with Gasteiger partial charge in [-0.05, 0) is 37.5 Å². The molecule has 5 nitrogen and oxygen atoms in total. The van der Waals surface area contributed by atoms with E-state index in [9.17, 15) is 4.79 Å². The monoisotopic (exact) mass is 276 g/mol. The largest absolute Gasteiger partial charge is 0.492 e. The zero-order chi connectivity index (χ0) is 14.2. The number of rotatable bonds is 4. The maximum Gasteiger partial charge on any atom is 0.323 e. The van der Waals surface area contributed by atoms with E-state index in [0.29, 0.717) is 18.0 Å². The van der Waals surface area contributed by atoms with Gasteiger partial charge in [0.1, 0.15) is 5.75 Å². The number of carbonyl (C=O) groups is 1. The van der Waals surface area contributed by atoms with Gasteiger partial charge in [0.05, 0.1) is 25.5 Å². The van der Waals surface area contributed by atoms with Crippen molar-refractivity contribution in [3.8, 4) is 5.75 Å². The normalized spacial score (nSPS) is 14.6. The Labute approximate surface area is 119 Å². The predicted octanol–water partition coefficient (Wildman–Crippen LogP) is 2.90. The van der Waals surface area contributed by atoms with Gasteiger partial charge in [-0.25, -0.2) is 4.79 Å². The molecule has 0 aliphatic carbocycles. The molecule has 0 saturated carbocycles. The van der Waals surface area contributed by atoms with E-state index < -0.39 is 0 Å². The molecule has 108 valence electrons. The lowest BCUT2D eigenvalue weighted by Crippen LogP contribution is -2.25. The zero-order valence-corrected chi connectivity index (χ0v) is 11.6. The molecule has 2 amide bonds. The summed E-state index contributed by atoms with van der Waals surface area (Å²) in [6, 6.07) is 7.10. The minimum Gasteiger partial charge on any atom is -0.492 e. The van der Waals surface area contributed by atoms with E-state index in [2.05, 4.69) is 10.6 Å². The molecule has 0 bridgehead atoms. The summed E-state index contributed by atoms with van der Waals surface area (Å²) in [5.41, 5.74) is 1.86. The predicted molar refractivity (Wildman–Crippen MR) is 77.9 cm³/mol. The Morgan fingerprint density at radius 3 is 2.85 bits per heavy atom. The van der Waals surface area contributed by atoms with Crippen LogP contribution in [0.4, 0.5) is 10.5 Å². The van der Waals surface area contributed by atoms with Crippen LogP contribution in [0.15, 0.2) is 36.0 Å². The SMILES string of the molecule is CCOc1ccccc1NC(=O)NC=C1CCOCC1. The first-order chi connectivity index (χ1) is 9.79. The molecule has 0 unspecified atom stereocenters. The van der Waals surface area contributed by atoms with Crippen molar-refractivity contribution in [3.63, 3.8) is 0 Å². The van der Waals surface area contributed by atoms with Crippen LogP contribution in [0.5, 0.6) is 5.75 Å². The highest BCUT2D eigenvalue weighted by Gasteiger charge is 2.08. The second kappa shape index (κ2) is 7.55. The van der Waals surface area contributed by atoms with Gasteiger partial charge >= 0.3 is 6.03 Å². The molecule has 1 fully saturated rings. The summed E-state index contributed by atoms with van der Waals surface area (Å²) in [7, 11) is 0. The molecule has 1 saturated heterocycles. The number of nitrogens with one attached hydrogen (secondary N) is 2. The Bertz CT molecular complexity index is 478. The molecule has 0 radical (unpaired) electrons. The van der Waals surface area contributed by atoms with Crippen molar-refractivity contribution in [3.05, 3.63) is 36.0 Å². The van der Waals surface area contributed by atoms with Crippen molar-refractivity contribution in [2.75, 3.05) is 25.1 Å². The van der Waals surface area contributed by atoms with Crippen LogP contribution < -0.4 is 15.4 Å². The Morgan fingerprint density at radius 2 is 2.10 bits per heavy atom. The third-order valence-corrected chi connectivity index (χ3v) is 2.98. The number of carbonyl (C=O) groups excluding carboxylic acids is 1. The van der Waals surface area contributed by atoms with Gasteiger partial charge in [0.2, 0.25) is 0 Å². The highest BCUT2D eigenvalue weighted by Crippen LogP contribution is 2.23. The smallest absolute Gasteiger partial charge is 0.323 e. The van der Waals surface area contributed by atoms with Crippen molar-refractivity contribution in [1.29, 1.82) is 0 Å². The van der Waals surface area contributed by atoms with Crippen molar-refractivity contribution >= 4 is 11.7 Å². The Balaban J connectivity index is 1.91. The van der Waals surface area contributed by atoms with Crippen molar-refractivity contribution in [1.82, 2.24) is 5.32 Å². The molecular weight excluding hydrogens is 256 g/mol. The summed E-state index contributed by atoms with van der Waals surface area (Å²) in [5.74, 6) is 0.670. The molecule has 0 atom stereocenters. The minimum absolute atomic E-state index is 0.267. The second-order valence-corrected chi connectivity index (χ2v) is 4.44. The molecule has 20 heavy (non-hydrogen) atoms. The molecule has 2 rings (SSSR count). The van der Waals surface area contributed by atoms with Gasteiger partial charge in [-0.15, -0.1) is 0 Å². The quantitative estimate of drug-likeness (QED) is 0.889. The van der Waals surface area contributed by atoms with E-state index in [-0.39, 0.29) is 6.03 Å². The summed E-state index contributed by atoms with van der Waals surface area (Å²) in [6.07, 6.45) is 3.51. The number of ether oxygens (including phenoxy) is 2. The lowest BCUT2D eigenvalue weighted by Gasteiger charge is -2.15. The average Bonchev–Trinajstić information content (AvgIpc) is 2.49. The van der Waals surface area contributed by atoms with E-state index in [4.69, 9.17) is 9.47 Å². The fourth-order valence-electron chi connectivity index (χ4n) is 1.96. The molecule has 1 aliphatic heterocycles. The molecule has 1 aromatic carbocycles. The summed E-state index contributed by atoms with van der Waals surface area (Å²) in [5, 5.41) is 5.53. The molecule has 1 aromatic rings. The summed E-state index contributed by atoms with van der Waals surface area (Å²) >= 11 is 0. The van der Waals surface area contributed by atoms with Crippen molar-refractivity contribution in [2.24, 2.45) is 0 Å². The van der Waals surface area contributed by atoms with Crippen LogP contribution in [0, 0.1) is 0 Å². The summed E-state index contributed by atoms with van der Waals surface area (Å²) < 4.78 is 10.7. The summed E-state index contributed by atoms with van der Waals surface area (Å²) in [4.78, 5) is 11.9. The number of hydrogen-bond donors (Lipinski definition) is 2. The number of urea groups is 1. The Morgan fingerprint density at radius 1 is 1.35 bits per heavy atom. The average molecular weight is 276 g/mol. The molecule has 2 N–H and O–H groups in total. The number of anilines is 1. The van der Waals surface area contributed by atoms with Gasteiger partial charge in [-0.2, -0.15) is 0 Å². The molecular formula is C15H20N2O3. The van der Waals surface area contributed by atoms with Gasteiger partial charge < -0.3 is 20.1 Å². The van der Waals surface area contributed by atoms with Crippen LogP contribution in [0.3, 0.4) is 0 Å². The number of hydrogen-bond acceptors (Lipinski definition) is 3. The van der Waals surface area contributed by atoms with Gasteiger partial charge in [0.15, 0.2) is 0 Å². The fourth-order valence-corrected chi connectivity index (χ4v) is 1.96. The van der Waals surface area contributed by atoms with Gasteiger partial charge in [0.25, 0.3) is 0 Å². The van der Waals surface area contributed by atoms with Gasteiger partial charge in [-0.1, -0.05) is 12.1 Å². The third kappa shape index (κ3) is 4.28. The first-order valence-corrected chi connectivity index (χ1v) is 6.84. The van der Waals surface area contributed by atoms with Gasteiger partial charge in [0, 0.05) is 6.20 Å². The van der Waals surface area contributed by atoms with Crippen LogP contribution >= 0.6 is 0 Å². The topological polar surface area (TPSA) is 59.6 Å². The van der Waals surface area contributed by atoms with Crippen LogP contribution in [0.25, 0.3) is 0 Å². The highest BCUT2D eigenvalue weighted by molar-refractivity contribution is 5.91. The molecule has 5 heteroatoms. The van der Waals surface area contributed by atoms with E-state index in [0.717, 1.165) is 26.1 Å². The van der Waals surface area contributed by atoms with Crippen LogP contribution in [-0.4, -0.2) is 25.9 Å². The van der Waals surface area contributed by atoms with E-state index in [1.807, 2.05) is 31.2 Å². The minimum atomic E-state index is -0.267. The van der Waals surface area contributed by atoms with Crippen LogP contribution in [-0.2, 0) is 4.74 Å². The Hall–Kier alpha value is -2.01. The number of amides is 2. The highest BCUT2D eigenvalue weighted by atomic mass is 16.5. The zero-order valence-electron chi connectivity index (χ0n) is 11.6. The molecule has 1 aliphatic rings. The lowest BCUT2D eigenvalue weighted by atomic mass is 10.1. The molecule has 1 heterocycles. The van der Waals surface area contributed by atoms with Crippen LogP contribution in [0.2, 0.25) is 0 Å². The first-order valence-electron chi connectivity index (χ1n) is 6.84. The van der Waals surface area contributed by atoms with Crippen LogP contribution in [0.1, 0.15) is 19.8 Å². The summed E-state index contributed by atoms with van der Waals surface area (Å²) in [6.45, 7) is 3.92. The lowest BCUT2D eigenvalue weighted by molar-refractivity contribution is 0.119.